The zero-order chi connectivity index (χ0) is 10.1. The summed E-state index contributed by atoms with van der Waals surface area (Å²) in [6.07, 6.45) is -1.16. The molecule has 0 amide bonds. The van der Waals surface area contributed by atoms with Gasteiger partial charge in [-0.05, 0) is 27.7 Å². The highest BCUT2D eigenvalue weighted by Crippen LogP contribution is 1.84. The van der Waals surface area contributed by atoms with Gasteiger partial charge in [0, 0.05) is 6.10 Å². The Balaban J connectivity index is 0. The minimum absolute atomic E-state index is 0.167. The highest BCUT2D eigenvalue weighted by Gasteiger charge is 2.07. The molecule has 0 saturated heterocycles. The molecule has 0 aromatic rings. The van der Waals surface area contributed by atoms with E-state index in [9.17, 15) is 4.79 Å². The zero-order valence-corrected chi connectivity index (χ0v) is 8.07. The lowest BCUT2D eigenvalue weighted by Gasteiger charge is -2.01. The monoisotopic (exact) mass is 178 g/mol. The molecular weight excluding hydrogens is 160 g/mol. The first-order valence-electron chi connectivity index (χ1n) is 3.94. The summed E-state index contributed by atoms with van der Waals surface area (Å²) in [5.41, 5.74) is 0. The van der Waals surface area contributed by atoms with E-state index in [-0.39, 0.29) is 6.10 Å². The van der Waals surface area contributed by atoms with E-state index < -0.39 is 12.1 Å². The first kappa shape index (κ1) is 13.9. The maximum Gasteiger partial charge on any atom is 0.334 e. The average Bonchev–Trinajstić information content (AvgIpc) is 1.86. The van der Waals surface area contributed by atoms with Crippen LogP contribution in [0.2, 0.25) is 0 Å². The number of hydrogen-bond donors (Lipinski definition) is 2. The van der Waals surface area contributed by atoms with Gasteiger partial charge in [-0.1, -0.05) is 0 Å². The molecule has 0 aromatic carbocycles. The van der Waals surface area contributed by atoms with Gasteiger partial charge in [-0.15, -0.1) is 0 Å². The van der Waals surface area contributed by atoms with Crippen molar-refractivity contribution in [2.24, 2.45) is 0 Å². The summed E-state index contributed by atoms with van der Waals surface area (Å²) < 4.78 is 4.41. The predicted molar refractivity (Wildman–Crippen MR) is 45.7 cm³/mol. The van der Waals surface area contributed by atoms with Crippen molar-refractivity contribution in [2.75, 3.05) is 6.61 Å². The Hall–Kier alpha value is -0.610. The Bertz CT molecular complexity index is 107. The first-order chi connectivity index (χ1) is 5.41. The molecule has 0 spiro atoms. The molecule has 1 unspecified atom stereocenters. The van der Waals surface area contributed by atoms with Crippen LogP contribution < -0.4 is 0 Å². The van der Waals surface area contributed by atoms with Crippen LogP contribution in [0.3, 0.4) is 0 Å². The van der Waals surface area contributed by atoms with Crippen LogP contribution in [0.4, 0.5) is 0 Å². The normalized spacial score (nSPS) is 11.6. The third-order valence-electron chi connectivity index (χ3n) is 0.628. The number of carbonyl (C=O) groups excluding carboxylic acids is 1. The zero-order valence-electron chi connectivity index (χ0n) is 8.07. The number of aliphatic hydroxyl groups is 2. The van der Waals surface area contributed by atoms with E-state index in [0.29, 0.717) is 6.61 Å². The summed E-state index contributed by atoms with van der Waals surface area (Å²) in [5.74, 6) is -0.562. The maximum atomic E-state index is 10.3. The summed E-state index contributed by atoms with van der Waals surface area (Å²) in [7, 11) is 0. The Morgan fingerprint density at radius 3 is 1.75 bits per heavy atom. The van der Waals surface area contributed by atoms with E-state index in [4.69, 9.17) is 10.2 Å². The minimum Gasteiger partial charge on any atom is -0.464 e. The van der Waals surface area contributed by atoms with E-state index in [0.717, 1.165) is 0 Å². The van der Waals surface area contributed by atoms with Crippen molar-refractivity contribution in [1.29, 1.82) is 0 Å². The fourth-order valence-electron chi connectivity index (χ4n) is 0.263. The number of carbonyl (C=O) groups is 1. The lowest BCUT2D eigenvalue weighted by Crippen LogP contribution is -2.18. The Morgan fingerprint density at radius 2 is 1.67 bits per heavy atom. The molecule has 0 heterocycles. The summed E-state index contributed by atoms with van der Waals surface area (Å²) in [4.78, 5) is 10.3. The van der Waals surface area contributed by atoms with Crippen molar-refractivity contribution < 1.29 is 19.7 Å². The van der Waals surface area contributed by atoms with E-state index in [1.54, 1.807) is 20.8 Å². The number of hydrogen-bond acceptors (Lipinski definition) is 4. The molecule has 0 aliphatic rings. The summed E-state index contributed by atoms with van der Waals surface area (Å²) >= 11 is 0. The molecule has 0 aliphatic carbocycles. The lowest BCUT2D eigenvalue weighted by molar-refractivity contribution is -0.151. The van der Waals surface area contributed by atoms with Gasteiger partial charge in [0.2, 0.25) is 0 Å². The van der Waals surface area contributed by atoms with Gasteiger partial charge in [-0.2, -0.15) is 0 Å². The second kappa shape index (κ2) is 8.49. The standard InChI is InChI=1S/C5H10O3.C3H8O/c1-3-8-5(7)4(2)6;1-3(2)4/h4,6H,3H2,1-2H3;3-4H,1-2H3. The third-order valence-corrected chi connectivity index (χ3v) is 0.628. The van der Waals surface area contributed by atoms with Crippen LogP contribution in [-0.2, 0) is 9.53 Å². The molecule has 0 saturated carbocycles. The number of ether oxygens (including phenoxy) is 1. The molecule has 12 heavy (non-hydrogen) atoms. The van der Waals surface area contributed by atoms with E-state index in [1.807, 2.05) is 0 Å². The van der Waals surface area contributed by atoms with Crippen LogP contribution >= 0.6 is 0 Å². The smallest absolute Gasteiger partial charge is 0.334 e. The molecule has 0 aliphatic heterocycles. The van der Waals surface area contributed by atoms with Crippen LogP contribution in [0.15, 0.2) is 0 Å². The van der Waals surface area contributed by atoms with Gasteiger partial charge in [0.15, 0.2) is 0 Å². The van der Waals surface area contributed by atoms with Crippen molar-refractivity contribution in [3.63, 3.8) is 0 Å². The molecule has 74 valence electrons. The molecule has 0 radical (unpaired) electrons. The van der Waals surface area contributed by atoms with E-state index >= 15 is 0 Å². The third kappa shape index (κ3) is 16.2. The predicted octanol–water partition coefficient (Wildman–Crippen LogP) is 0.317. The Morgan fingerprint density at radius 1 is 1.33 bits per heavy atom. The second-order valence-corrected chi connectivity index (χ2v) is 2.52. The largest absolute Gasteiger partial charge is 0.464 e. The van der Waals surface area contributed by atoms with Gasteiger partial charge >= 0.3 is 5.97 Å². The molecule has 0 rings (SSSR count). The minimum atomic E-state index is -0.991. The average molecular weight is 178 g/mol. The van der Waals surface area contributed by atoms with Crippen molar-refractivity contribution in [2.45, 2.75) is 39.9 Å². The second-order valence-electron chi connectivity index (χ2n) is 2.52. The number of rotatable bonds is 2. The molecule has 1 atom stereocenters. The molecule has 0 bridgehead atoms. The highest BCUT2D eigenvalue weighted by molar-refractivity contribution is 5.73. The molecule has 0 aromatic heterocycles. The van der Waals surface area contributed by atoms with Crippen molar-refractivity contribution in [3.8, 4) is 0 Å². The topological polar surface area (TPSA) is 66.8 Å². The van der Waals surface area contributed by atoms with Crippen LogP contribution in [-0.4, -0.2) is 35.0 Å². The van der Waals surface area contributed by atoms with Gasteiger partial charge < -0.3 is 14.9 Å². The lowest BCUT2D eigenvalue weighted by atomic mass is 10.4. The van der Waals surface area contributed by atoms with Crippen LogP contribution in [0, 0.1) is 0 Å². The van der Waals surface area contributed by atoms with Gasteiger partial charge in [-0.25, -0.2) is 4.79 Å². The van der Waals surface area contributed by atoms with E-state index in [1.165, 1.54) is 6.92 Å². The fraction of sp³-hybridized carbons (Fsp3) is 0.875. The van der Waals surface area contributed by atoms with Crippen molar-refractivity contribution >= 4 is 5.97 Å². The highest BCUT2D eigenvalue weighted by atomic mass is 16.5. The summed E-state index contributed by atoms with van der Waals surface area (Å²) in [6, 6.07) is 0. The van der Waals surface area contributed by atoms with Crippen LogP contribution in [0.25, 0.3) is 0 Å². The van der Waals surface area contributed by atoms with Gasteiger partial charge in [-0.3, -0.25) is 0 Å². The van der Waals surface area contributed by atoms with Gasteiger partial charge in [0.1, 0.15) is 6.10 Å². The molecule has 4 heteroatoms. The SMILES string of the molecule is CC(C)O.CCOC(=O)C(C)O. The van der Waals surface area contributed by atoms with Crippen molar-refractivity contribution in [3.05, 3.63) is 0 Å². The maximum absolute atomic E-state index is 10.3. The fourth-order valence-corrected chi connectivity index (χ4v) is 0.263. The molecule has 4 nitrogen and oxygen atoms in total. The van der Waals surface area contributed by atoms with Crippen molar-refractivity contribution in [1.82, 2.24) is 0 Å². The van der Waals surface area contributed by atoms with E-state index in [2.05, 4.69) is 4.74 Å². The van der Waals surface area contributed by atoms with Crippen LogP contribution in [0.1, 0.15) is 27.7 Å². The Labute approximate surface area is 73.2 Å². The molecule has 2 N–H and O–H groups in total. The molecule has 0 fully saturated rings. The number of aliphatic hydroxyl groups excluding tert-OH is 2. The van der Waals surface area contributed by atoms with Gasteiger partial charge in [0.05, 0.1) is 6.61 Å². The number of esters is 1. The van der Waals surface area contributed by atoms with Gasteiger partial charge in [0.25, 0.3) is 0 Å². The quantitative estimate of drug-likeness (QED) is 0.597. The summed E-state index contributed by atoms with van der Waals surface area (Å²) in [6.45, 7) is 6.84. The Kier molecular flexibility index (Phi) is 9.86. The first-order valence-corrected chi connectivity index (χ1v) is 3.94. The molecular formula is C8H18O4. The van der Waals surface area contributed by atoms with Crippen LogP contribution in [0.5, 0.6) is 0 Å². The summed E-state index contributed by atoms with van der Waals surface area (Å²) in [5, 5.41) is 16.5.